The largest absolute Gasteiger partial charge is 0.285 e. The lowest BCUT2D eigenvalue weighted by molar-refractivity contribution is -0.111. The van der Waals surface area contributed by atoms with Crippen molar-refractivity contribution in [3.63, 3.8) is 0 Å². The predicted octanol–water partition coefficient (Wildman–Crippen LogP) is 2.01. The van der Waals surface area contributed by atoms with Gasteiger partial charge in [0.05, 0.1) is 0 Å². The van der Waals surface area contributed by atoms with Gasteiger partial charge in [-0.05, 0) is 12.0 Å². The fraction of sp³-hybridized carbons (Fsp3) is 0.444. The highest BCUT2D eigenvalue weighted by Gasteiger charge is 2.14. The van der Waals surface area contributed by atoms with Crippen LogP contribution < -0.4 is 0 Å². The molecule has 0 N–H and O–H groups in total. The summed E-state index contributed by atoms with van der Waals surface area (Å²) in [4.78, 5) is 10.5. The molecule has 0 unspecified atom stereocenters. The molecule has 0 rings (SSSR count). The zero-order valence-corrected chi connectivity index (χ0v) is 8.40. The number of Topliss-reactive ketones (excluding diaryl/α,β-unsaturated/α-hetero) is 1. The Morgan fingerprint density at radius 2 is 2.18 bits per heavy atom. The minimum absolute atomic E-state index is 0.0466. The van der Waals surface area contributed by atoms with Gasteiger partial charge < -0.3 is 0 Å². The molecule has 0 atom stereocenters. The van der Waals surface area contributed by atoms with Gasteiger partial charge in [0.1, 0.15) is 8.07 Å². The van der Waals surface area contributed by atoms with Crippen molar-refractivity contribution < 1.29 is 4.79 Å². The standard InChI is InChI=1S/C9H14OSi/c1-5-7-11(3,4)8-6-9(2)10/h5H,1,7H2,2-4H3. The molecule has 0 aliphatic rings. The molecule has 0 aromatic carbocycles. The molecule has 0 saturated carbocycles. The average Bonchev–Trinajstić information content (AvgIpc) is 1.84. The molecule has 2 heteroatoms. The molecule has 11 heavy (non-hydrogen) atoms. The van der Waals surface area contributed by atoms with E-state index in [0.717, 1.165) is 6.04 Å². The van der Waals surface area contributed by atoms with Crippen LogP contribution in [0.5, 0.6) is 0 Å². The van der Waals surface area contributed by atoms with Crippen LogP contribution in [0.4, 0.5) is 0 Å². The third kappa shape index (κ3) is 5.62. The van der Waals surface area contributed by atoms with Crippen molar-refractivity contribution in [1.82, 2.24) is 0 Å². The summed E-state index contributed by atoms with van der Waals surface area (Å²) in [6, 6.07) is 0.952. The van der Waals surface area contributed by atoms with Crippen LogP contribution >= 0.6 is 0 Å². The van der Waals surface area contributed by atoms with Gasteiger partial charge in [0.25, 0.3) is 0 Å². The van der Waals surface area contributed by atoms with E-state index in [1.165, 1.54) is 6.92 Å². The Morgan fingerprint density at radius 1 is 1.64 bits per heavy atom. The number of hydrogen-bond acceptors (Lipinski definition) is 1. The molecule has 0 aromatic rings. The van der Waals surface area contributed by atoms with Gasteiger partial charge in [0.2, 0.25) is 5.78 Å². The zero-order chi connectivity index (χ0) is 8.91. The summed E-state index contributed by atoms with van der Waals surface area (Å²) in [5.41, 5.74) is 3.03. The third-order valence-electron chi connectivity index (χ3n) is 1.23. The molecule has 0 bridgehead atoms. The Hall–Kier alpha value is -0.813. The minimum atomic E-state index is -1.47. The Morgan fingerprint density at radius 3 is 2.55 bits per heavy atom. The minimum Gasteiger partial charge on any atom is -0.285 e. The van der Waals surface area contributed by atoms with E-state index < -0.39 is 8.07 Å². The molecule has 0 heterocycles. The van der Waals surface area contributed by atoms with Crippen molar-refractivity contribution in [3.8, 4) is 11.5 Å². The number of allylic oxidation sites excluding steroid dienone is 1. The van der Waals surface area contributed by atoms with Crippen LogP contribution in [-0.2, 0) is 4.79 Å². The highest BCUT2D eigenvalue weighted by Crippen LogP contribution is 2.06. The molecule has 0 amide bonds. The van der Waals surface area contributed by atoms with Crippen LogP contribution in [0, 0.1) is 11.5 Å². The van der Waals surface area contributed by atoms with E-state index in [-0.39, 0.29) is 5.78 Å². The monoisotopic (exact) mass is 166 g/mol. The van der Waals surface area contributed by atoms with Crippen LogP contribution in [0.15, 0.2) is 12.7 Å². The molecule has 1 nitrogen and oxygen atoms in total. The zero-order valence-electron chi connectivity index (χ0n) is 7.40. The molecule has 0 radical (unpaired) electrons. The van der Waals surface area contributed by atoms with Gasteiger partial charge in [-0.1, -0.05) is 19.2 Å². The Kier molecular flexibility index (Phi) is 3.84. The SMILES string of the molecule is C=CC[Si](C)(C)C#CC(C)=O. The van der Waals surface area contributed by atoms with Crippen molar-refractivity contribution in [1.29, 1.82) is 0 Å². The van der Waals surface area contributed by atoms with Crippen molar-refractivity contribution in [2.24, 2.45) is 0 Å². The lowest BCUT2D eigenvalue weighted by Crippen LogP contribution is -2.21. The number of hydrogen-bond donors (Lipinski definition) is 0. The van der Waals surface area contributed by atoms with Crippen molar-refractivity contribution in [2.75, 3.05) is 0 Å². The molecular formula is C9H14OSi. The van der Waals surface area contributed by atoms with E-state index in [1.54, 1.807) is 0 Å². The van der Waals surface area contributed by atoms with Gasteiger partial charge >= 0.3 is 0 Å². The summed E-state index contributed by atoms with van der Waals surface area (Å²) in [7, 11) is -1.47. The summed E-state index contributed by atoms with van der Waals surface area (Å²) in [6.45, 7) is 9.41. The van der Waals surface area contributed by atoms with E-state index in [9.17, 15) is 4.79 Å². The predicted molar refractivity (Wildman–Crippen MR) is 50.9 cm³/mol. The van der Waals surface area contributed by atoms with Crippen molar-refractivity contribution in [3.05, 3.63) is 12.7 Å². The number of carbonyl (C=O) groups is 1. The first-order chi connectivity index (χ1) is 4.98. The maximum atomic E-state index is 10.5. The molecule has 0 aliphatic heterocycles. The Balaban J connectivity index is 4.24. The normalized spacial score (nSPS) is 9.73. The maximum Gasteiger partial charge on any atom is 0.201 e. The summed E-state index contributed by atoms with van der Waals surface area (Å²) in [5, 5.41) is 0. The first-order valence-electron chi connectivity index (χ1n) is 3.62. The lowest BCUT2D eigenvalue weighted by Gasteiger charge is -2.09. The second kappa shape index (κ2) is 4.15. The number of rotatable bonds is 2. The fourth-order valence-corrected chi connectivity index (χ4v) is 2.01. The van der Waals surface area contributed by atoms with Gasteiger partial charge in [-0.3, -0.25) is 4.79 Å². The van der Waals surface area contributed by atoms with E-state index in [1.807, 2.05) is 6.08 Å². The van der Waals surface area contributed by atoms with E-state index in [0.29, 0.717) is 0 Å². The van der Waals surface area contributed by atoms with Gasteiger partial charge in [-0.15, -0.1) is 12.1 Å². The maximum absolute atomic E-state index is 10.5. The van der Waals surface area contributed by atoms with Crippen molar-refractivity contribution >= 4 is 13.9 Å². The molecule has 0 aliphatic carbocycles. The Labute approximate surface area is 69.5 Å². The summed E-state index contributed by atoms with van der Waals surface area (Å²) < 4.78 is 0. The number of ketones is 1. The van der Waals surface area contributed by atoms with Gasteiger partial charge in [-0.25, -0.2) is 0 Å². The summed E-state index contributed by atoms with van der Waals surface area (Å²) >= 11 is 0. The van der Waals surface area contributed by atoms with Crippen LogP contribution in [0.25, 0.3) is 0 Å². The number of carbonyl (C=O) groups excluding carboxylic acids is 1. The quantitative estimate of drug-likeness (QED) is 0.348. The second-order valence-corrected chi connectivity index (χ2v) is 7.61. The highest BCUT2D eigenvalue weighted by molar-refractivity contribution is 6.85. The van der Waals surface area contributed by atoms with E-state index in [4.69, 9.17) is 0 Å². The molecule has 60 valence electrons. The Bertz CT molecular complexity index is 217. The topological polar surface area (TPSA) is 17.1 Å². The molecular weight excluding hydrogens is 152 g/mol. The van der Waals surface area contributed by atoms with Crippen LogP contribution in [0.3, 0.4) is 0 Å². The molecule has 0 aromatic heterocycles. The van der Waals surface area contributed by atoms with Crippen molar-refractivity contribution in [2.45, 2.75) is 26.1 Å². The van der Waals surface area contributed by atoms with Crippen LogP contribution in [0.1, 0.15) is 6.92 Å². The second-order valence-electron chi connectivity index (χ2n) is 3.18. The van der Waals surface area contributed by atoms with Crippen LogP contribution in [0.2, 0.25) is 19.1 Å². The fourth-order valence-electron chi connectivity index (χ4n) is 0.669. The highest BCUT2D eigenvalue weighted by atomic mass is 28.3. The van der Waals surface area contributed by atoms with Gasteiger partial charge in [-0.2, -0.15) is 0 Å². The van der Waals surface area contributed by atoms with Gasteiger partial charge in [0, 0.05) is 6.92 Å². The summed E-state index contributed by atoms with van der Waals surface area (Å²) in [6.07, 6.45) is 1.88. The van der Waals surface area contributed by atoms with E-state index in [2.05, 4.69) is 31.1 Å². The molecule has 0 fully saturated rings. The van der Waals surface area contributed by atoms with E-state index >= 15 is 0 Å². The average molecular weight is 166 g/mol. The van der Waals surface area contributed by atoms with Gasteiger partial charge in [0.15, 0.2) is 0 Å². The van der Waals surface area contributed by atoms with Crippen LogP contribution in [-0.4, -0.2) is 13.9 Å². The lowest BCUT2D eigenvalue weighted by atomic mass is 10.5. The third-order valence-corrected chi connectivity index (χ3v) is 3.34. The smallest absolute Gasteiger partial charge is 0.201 e. The first-order valence-corrected chi connectivity index (χ1v) is 6.83. The summed E-state index contributed by atoms with van der Waals surface area (Å²) in [5.74, 6) is 2.55. The first kappa shape index (κ1) is 10.2. The molecule has 0 saturated heterocycles. The molecule has 0 spiro atoms.